The number of nitrogens with one attached hydrogen (secondary N) is 1. The molecule has 1 rings (SSSR count). The van der Waals surface area contributed by atoms with E-state index in [2.05, 4.69) is 4.18 Å². The summed E-state index contributed by atoms with van der Waals surface area (Å²) in [6.07, 6.45) is 0.605. The van der Waals surface area contributed by atoms with Gasteiger partial charge in [-0.2, -0.15) is 47.9 Å². The smallest absolute Gasteiger partial charge is 0.378 e. The molecule has 0 saturated heterocycles. The standard InChI is InChI=1S/C19H24F9NO7S3/c1-11(2)10-14(15(3,4)5)12-6-8-13(9-7-12)36-39(34,35)18(24,25)16(20,21)17(22,23)37(30,31)29-38(32,33)19(26,27)28/h6-9,11,14,29H,10H2,1-5H3. The summed E-state index contributed by atoms with van der Waals surface area (Å²) in [7, 11) is -22.4. The highest BCUT2D eigenvalue weighted by Gasteiger charge is 2.83. The van der Waals surface area contributed by atoms with Crippen LogP contribution in [0.3, 0.4) is 0 Å². The summed E-state index contributed by atoms with van der Waals surface area (Å²) in [5.41, 5.74) is -6.48. The monoisotopic (exact) mass is 645 g/mol. The highest BCUT2D eigenvalue weighted by molar-refractivity contribution is 8.05. The molecule has 1 N–H and O–H groups in total. The number of alkyl halides is 9. The summed E-state index contributed by atoms with van der Waals surface area (Å²) in [6.45, 7) is 9.38. The van der Waals surface area contributed by atoms with Gasteiger partial charge in [0.2, 0.25) is 0 Å². The topological polar surface area (TPSA) is 124 Å². The van der Waals surface area contributed by atoms with Crippen LogP contribution in [0.1, 0.15) is 52.5 Å². The quantitative estimate of drug-likeness (QED) is 0.261. The van der Waals surface area contributed by atoms with Gasteiger partial charge in [0.05, 0.1) is 0 Å². The number of hydrogen-bond acceptors (Lipinski definition) is 7. The van der Waals surface area contributed by atoms with Crippen molar-refractivity contribution in [3.8, 4) is 5.75 Å². The molecule has 0 bridgehead atoms. The lowest BCUT2D eigenvalue weighted by atomic mass is 9.72. The van der Waals surface area contributed by atoms with Gasteiger partial charge in [-0.25, -0.2) is 16.8 Å². The number of benzene rings is 1. The molecule has 8 nitrogen and oxygen atoms in total. The van der Waals surface area contributed by atoms with Crippen molar-refractivity contribution < 1.29 is 69.0 Å². The first-order valence-electron chi connectivity index (χ1n) is 10.5. The Morgan fingerprint density at radius 1 is 0.744 bits per heavy atom. The Labute approximate surface area is 219 Å². The molecule has 0 spiro atoms. The second-order valence-corrected chi connectivity index (χ2v) is 15.0. The van der Waals surface area contributed by atoms with Gasteiger partial charge in [0, 0.05) is 0 Å². The first kappa shape index (κ1) is 35.2. The van der Waals surface area contributed by atoms with Crippen LogP contribution in [-0.4, -0.2) is 47.2 Å². The fraction of sp³-hybridized carbons (Fsp3) is 0.684. The number of rotatable bonds is 11. The zero-order valence-corrected chi connectivity index (χ0v) is 23.1. The van der Waals surface area contributed by atoms with E-state index in [0.717, 1.165) is 12.1 Å². The van der Waals surface area contributed by atoms with E-state index in [4.69, 9.17) is 0 Å². The number of sulfonamides is 2. The molecule has 39 heavy (non-hydrogen) atoms. The molecule has 0 aliphatic rings. The highest BCUT2D eigenvalue weighted by Crippen LogP contribution is 2.51. The van der Waals surface area contributed by atoms with Crippen LogP contribution in [0.2, 0.25) is 0 Å². The van der Waals surface area contributed by atoms with E-state index in [0.29, 0.717) is 12.0 Å². The maximum Gasteiger partial charge on any atom is 0.512 e. The lowest BCUT2D eigenvalue weighted by Crippen LogP contribution is -2.64. The summed E-state index contributed by atoms with van der Waals surface area (Å²) in [5, 5.41) is -14.6. The van der Waals surface area contributed by atoms with Crippen molar-refractivity contribution in [1.29, 1.82) is 0 Å². The van der Waals surface area contributed by atoms with Gasteiger partial charge in [-0.15, -0.1) is 0 Å². The average Bonchev–Trinajstić information content (AvgIpc) is 2.69. The molecule has 0 aliphatic heterocycles. The maximum atomic E-state index is 14.3. The number of hydrogen-bond donors (Lipinski definition) is 1. The molecule has 1 atom stereocenters. The van der Waals surface area contributed by atoms with Crippen molar-refractivity contribution >= 4 is 30.2 Å². The van der Waals surface area contributed by atoms with Crippen molar-refractivity contribution in [2.24, 2.45) is 11.3 Å². The first-order valence-corrected chi connectivity index (χ1v) is 14.8. The lowest BCUT2D eigenvalue weighted by Gasteiger charge is -2.33. The van der Waals surface area contributed by atoms with E-state index >= 15 is 0 Å². The molecule has 1 unspecified atom stereocenters. The van der Waals surface area contributed by atoms with Crippen LogP contribution < -0.4 is 8.31 Å². The summed E-state index contributed by atoms with van der Waals surface area (Å²) in [4.78, 5) is 0. The van der Waals surface area contributed by atoms with Crippen LogP contribution in [-0.2, 0) is 30.2 Å². The SMILES string of the molecule is CC(C)CC(c1ccc(OS(=O)(=O)C(F)(F)C(F)(F)C(F)(F)S(=O)(=O)NS(=O)(=O)C(F)(F)F)cc1)C(C)(C)C. The molecular weight excluding hydrogens is 621 g/mol. The van der Waals surface area contributed by atoms with E-state index in [-0.39, 0.29) is 17.3 Å². The van der Waals surface area contributed by atoms with Gasteiger partial charge in [0.15, 0.2) is 0 Å². The van der Waals surface area contributed by atoms with Crippen LogP contribution in [0, 0.1) is 11.3 Å². The fourth-order valence-corrected chi connectivity index (χ4v) is 6.53. The van der Waals surface area contributed by atoms with Gasteiger partial charge >= 0.3 is 42.1 Å². The molecule has 0 amide bonds. The fourth-order valence-electron chi connectivity index (χ4n) is 3.13. The molecule has 0 fully saturated rings. The molecular formula is C19H24F9NO7S3. The summed E-state index contributed by atoms with van der Waals surface area (Å²) >= 11 is 0. The van der Waals surface area contributed by atoms with Crippen LogP contribution in [0.25, 0.3) is 0 Å². The largest absolute Gasteiger partial charge is 0.512 e. The Morgan fingerprint density at radius 2 is 1.18 bits per heavy atom. The summed E-state index contributed by atoms with van der Waals surface area (Å²) in [5.74, 6) is -8.65. The molecule has 0 aromatic heterocycles. The Kier molecular flexibility index (Phi) is 9.53. The molecule has 1 aromatic rings. The minimum Gasteiger partial charge on any atom is -0.378 e. The van der Waals surface area contributed by atoms with Crippen molar-refractivity contribution in [2.75, 3.05) is 0 Å². The Hall–Kier alpha value is -1.80. The Morgan fingerprint density at radius 3 is 1.54 bits per heavy atom. The predicted octanol–water partition coefficient (Wildman–Crippen LogP) is 5.16. The zero-order chi connectivity index (χ0) is 31.3. The molecule has 0 aliphatic carbocycles. The van der Waals surface area contributed by atoms with Gasteiger partial charge in [-0.3, -0.25) is 0 Å². The van der Waals surface area contributed by atoms with Crippen LogP contribution in [0.5, 0.6) is 5.75 Å². The third kappa shape index (κ3) is 6.92. The van der Waals surface area contributed by atoms with Gasteiger partial charge < -0.3 is 4.18 Å². The van der Waals surface area contributed by atoms with E-state index in [9.17, 15) is 64.8 Å². The normalized spacial score (nSPS) is 15.9. The van der Waals surface area contributed by atoms with Gasteiger partial charge in [0.1, 0.15) is 5.75 Å². The van der Waals surface area contributed by atoms with Gasteiger partial charge in [-0.05, 0) is 41.4 Å². The zero-order valence-electron chi connectivity index (χ0n) is 20.7. The minimum atomic E-state index is -7.86. The molecule has 0 saturated carbocycles. The van der Waals surface area contributed by atoms with Crippen LogP contribution in [0.15, 0.2) is 24.3 Å². The van der Waals surface area contributed by atoms with Crippen molar-refractivity contribution in [3.63, 3.8) is 0 Å². The summed E-state index contributed by atoms with van der Waals surface area (Å²) < 4.78 is 193. The first-order chi connectivity index (χ1) is 16.9. The van der Waals surface area contributed by atoms with E-state index in [1.54, 1.807) is 0 Å². The van der Waals surface area contributed by atoms with Crippen LogP contribution >= 0.6 is 0 Å². The van der Waals surface area contributed by atoms with E-state index in [1.807, 2.05) is 34.6 Å². The molecule has 20 heteroatoms. The van der Waals surface area contributed by atoms with E-state index < -0.39 is 62.0 Å². The van der Waals surface area contributed by atoms with Crippen molar-refractivity contribution in [2.45, 2.75) is 68.9 Å². The minimum absolute atomic E-state index is 0.171. The lowest BCUT2D eigenvalue weighted by molar-refractivity contribution is -0.245. The average molecular weight is 646 g/mol. The summed E-state index contributed by atoms with van der Waals surface area (Å²) in [6, 6.07) is 3.83. The van der Waals surface area contributed by atoms with E-state index in [1.165, 1.54) is 12.1 Å². The third-order valence-electron chi connectivity index (χ3n) is 5.15. The molecule has 1 aromatic carbocycles. The number of halogens is 9. The van der Waals surface area contributed by atoms with Gasteiger partial charge in [0.25, 0.3) is 10.0 Å². The van der Waals surface area contributed by atoms with Crippen molar-refractivity contribution in [1.82, 2.24) is 4.13 Å². The van der Waals surface area contributed by atoms with Crippen LogP contribution in [0.4, 0.5) is 39.5 Å². The molecule has 0 radical (unpaired) electrons. The highest BCUT2D eigenvalue weighted by atomic mass is 32.3. The maximum absolute atomic E-state index is 14.3. The van der Waals surface area contributed by atoms with Gasteiger partial charge in [-0.1, -0.05) is 50.9 Å². The second kappa shape index (κ2) is 10.6. The third-order valence-corrected chi connectivity index (χ3v) is 9.74. The second-order valence-electron chi connectivity index (χ2n) is 9.80. The molecule has 228 valence electrons. The Balaban J connectivity index is 3.43. The predicted molar refractivity (Wildman–Crippen MR) is 120 cm³/mol. The molecule has 0 heterocycles. The Bertz CT molecular complexity index is 1350. The van der Waals surface area contributed by atoms with Crippen molar-refractivity contribution in [3.05, 3.63) is 29.8 Å².